The Bertz CT molecular complexity index is 1180. The van der Waals surface area contributed by atoms with Crippen molar-refractivity contribution in [3.05, 3.63) is 70.9 Å². The van der Waals surface area contributed by atoms with E-state index in [2.05, 4.69) is 22.5 Å². The summed E-state index contributed by atoms with van der Waals surface area (Å²) >= 11 is 12.7. The highest BCUT2D eigenvalue weighted by atomic mass is 35.5. The first-order valence-corrected chi connectivity index (χ1v) is 10.2. The second-order valence-electron chi connectivity index (χ2n) is 6.95. The van der Waals surface area contributed by atoms with Crippen LogP contribution in [0.4, 0.5) is 5.69 Å². The summed E-state index contributed by atoms with van der Waals surface area (Å²) in [4.78, 5) is 20.5. The Morgan fingerprint density at radius 2 is 1.80 bits per heavy atom. The fraction of sp³-hybridized carbons (Fsp3) is 0.174. The van der Waals surface area contributed by atoms with Gasteiger partial charge in [-0.25, -0.2) is 4.98 Å². The van der Waals surface area contributed by atoms with Crippen molar-refractivity contribution in [2.45, 2.75) is 0 Å². The van der Waals surface area contributed by atoms with Gasteiger partial charge in [0.1, 0.15) is 6.07 Å². The number of pyridine rings is 1. The van der Waals surface area contributed by atoms with Crippen LogP contribution < -0.4 is 4.90 Å². The van der Waals surface area contributed by atoms with Crippen LogP contribution in [0.2, 0.25) is 10.0 Å². The molecule has 1 saturated heterocycles. The number of amides is 1. The van der Waals surface area contributed by atoms with Gasteiger partial charge >= 0.3 is 0 Å². The van der Waals surface area contributed by atoms with Gasteiger partial charge in [-0.1, -0.05) is 48.0 Å². The van der Waals surface area contributed by atoms with Gasteiger partial charge in [-0.05, 0) is 35.9 Å². The molecule has 0 spiro atoms. The number of nitrogens with zero attached hydrogens (tertiary/aromatic N) is 4. The first-order valence-electron chi connectivity index (χ1n) is 9.48. The van der Waals surface area contributed by atoms with E-state index < -0.39 is 0 Å². The predicted octanol–water partition coefficient (Wildman–Crippen LogP) is 4.91. The predicted molar refractivity (Wildman–Crippen MR) is 121 cm³/mol. The fourth-order valence-electron chi connectivity index (χ4n) is 3.82. The Kier molecular flexibility index (Phi) is 5.63. The third kappa shape index (κ3) is 3.60. The number of anilines is 1. The summed E-state index contributed by atoms with van der Waals surface area (Å²) in [5, 5.41) is 11.9. The van der Waals surface area contributed by atoms with E-state index in [0.29, 0.717) is 47.4 Å². The molecule has 1 aromatic heterocycles. The molecule has 1 aliphatic heterocycles. The van der Waals surface area contributed by atoms with E-state index in [0.717, 1.165) is 22.2 Å². The van der Waals surface area contributed by atoms with Crippen LogP contribution in [-0.2, 0) is 4.79 Å². The molecule has 2 heterocycles. The molecule has 0 saturated carbocycles. The van der Waals surface area contributed by atoms with Crippen LogP contribution in [0.15, 0.2) is 55.1 Å². The molecule has 3 aromatic rings. The number of nitriles is 1. The quantitative estimate of drug-likeness (QED) is 0.546. The van der Waals surface area contributed by atoms with E-state index in [1.54, 1.807) is 17.0 Å². The summed E-state index contributed by atoms with van der Waals surface area (Å²) in [6, 6.07) is 15.1. The van der Waals surface area contributed by atoms with Gasteiger partial charge in [-0.3, -0.25) is 4.79 Å². The van der Waals surface area contributed by atoms with Crippen LogP contribution in [0.25, 0.3) is 22.0 Å². The summed E-state index contributed by atoms with van der Waals surface area (Å²) < 4.78 is 0. The summed E-state index contributed by atoms with van der Waals surface area (Å²) in [7, 11) is 0. The van der Waals surface area contributed by atoms with Crippen LogP contribution >= 0.6 is 23.2 Å². The lowest BCUT2D eigenvalue weighted by Gasteiger charge is -2.37. The van der Waals surface area contributed by atoms with Gasteiger partial charge in [0, 0.05) is 42.2 Å². The molecule has 7 heteroatoms. The maximum absolute atomic E-state index is 12.0. The van der Waals surface area contributed by atoms with E-state index in [1.807, 2.05) is 30.3 Å². The monoisotopic (exact) mass is 436 g/mol. The van der Waals surface area contributed by atoms with Crippen LogP contribution in [0.1, 0.15) is 5.69 Å². The largest absolute Gasteiger partial charge is 0.367 e. The summed E-state index contributed by atoms with van der Waals surface area (Å²) in [5.41, 5.74) is 3.40. The molecule has 30 heavy (non-hydrogen) atoms. The van der Waals surface area contributed by atoms with Gasteiger partial charge in [-0.15, -0.1) is 0 Å². The van der Waals surface area contributed by atoms with E-state index in [-0.39, 0.29) is 5.91 Å². The molecule has 1 fully saturated rings. The Balaban J connectivity index is 1.93. The molecule has 150 valence electrons. The second kappa shape index (κ2) is 8.35. The highest BCUT2D eigenvalue weighted by Crippen LogP contribution is 2.42. The Hall–Kier alpha value is -3.07. The van der Waals surface area contributed by atoms with Crippen LogP contribution in [0.3, 0.4) is 0 Å². The zero-order valence-corrected chi connectivity index (χ0v) is 17.6. The highest BCUT2D eigenvalue weighted by Gasteiger charge is 2.27. The smallest absolute Gasteiger partial charge is 0.246 e. The van der Waals surface area contributed by atoms with Gasteiger partial charge in [-0.2, -0.15) is 5.26 Å². The maximum Gasteiger partial charge on any atom is 0.246 e. The number of benzene rings is 2. The minimum absolute atomic E-state index is 0.0806. The van der Waals surface area contributed by atoms with Crippen molar-refractivity contribution in [3.63, 3.8) is 0 Å². The van der Waals surface area contributed by atoms with Crippen LogP contribution in [0, 0.1) is 11.3 Å². The third-order valence-corrected chi connectivity index (χ3v) is 5.82. The molecule has 4 rings (SSSR count). The first kappa shape index (κ1) is 20.2. The fourth-order valence-corrected chi connectivity index (χ4v) is 4.21. The molecular weight excluding hydrogens is 419 g/mol. The normalized spacial score (nSPS) is 13.9. The van der Waals surface area contributed by atoms with Crippen LogP contribution in [0.5, 0.6) is 0 Å². The Labute approximate surface area is 184 Å². The van der Waals surface area contributed by atoms with Gasteiger partial charge < -0.3 is 9.80 Å². The lowest BCUT2D eigenvalue weighted by Crippen LogP contribution is -2.48. The zero-order chi connectivity index (χ0) is 21.3. The number of carbonyl (C=O) groups excluding carboxylic acids is 1. The molecule has 0 atom stereocenters. The van der Waals surface area contributed by atoms with E-state index >= 15 is 0 Å². The minimum Gasteiger partial charge on any atom is -0.367 e. The average molecular weight is 437 g/mol. The molecule has 5 nitrogen and oxygen atoms in total. The van der Waals surface area contributed by atoms with Crippen molar-refractivity contribution in [2.75, 3.05) is 31.1 Å². The highest BCUT2D eigenvalue weighted by molar-refractivity contribution is 6.37. The molecule has 1 aliphatic rings. The standard InChI is InChI=1S/C23H18Cl2N4O/c1-2-20(30)28-10-12-29(13-11-28)23-21(15-6-8-16(24)9-7-15)19(14-26)27-18-5-3-4-17(25)22(18)23/h2-9H,1,10-13H2. The number of carbonyl (C=O) groups is 1. The van der Waals surface area contributed by atoms with Gasteiger partial charge in [0.2, 0.25) is 5.91 Å². The van der Waals surface area contributed by atoms with Crippen molar-refractivity contribution in [1.82, 2.24) is 9.88 Å². The number of hydrogen-bond acceptors (Lipinski definition) is 4. The Morgan fingerprint density at radius 3 is 2.43 bits per heavy atom. The van der Waals surface area contributed by atoms with Crippen molar-refractivity contribution in [3.8, 4) is 17.2 Å². The molecule has 0 radical (unpaired) electrons. The van der Waals surface area contributed by atoms with Crippen molar-refractivity contribution < 1.29 is 4.79 Å². The molecule has 0 bridgehead atoms. The second-order valence-corrected chi connectivity index (χ2v) is 7.80. The molecular formula is C23H18Cl2N4O. The lowest BCUT2D eigenvalue weighted by atomic mass is 9.97. The zero-order valence-electron chi connectivity index (χ0n) is 16.1. The molecule has 0 unspecified atom stereocenters. The summed E-state index contributed by atoms with van der Waals surface area (Å²) in [6.45, 7) is 5.90. The molecule has 2 aromatic carbocycles. The van der Waals surface area contributed by atoms with Crippen molar-refractivity contribution >= 4 is 45.7 Å². The van der Waals surface area contributed by atoms with E-state index in [1.165, 1.54) is 6.08 Å². The third-order valence-electron chi connectivity index (χ3n) is 5.26. The van der Waals surface area contributed by atoms with Crippen molar-refractivity contribution in [1.29, 1.82) is 5.26 Å². The summed E-state index contributed by atoms with van der Waals surface area (Å²) in [5.74, 6) is -0.0806. The number of hydrogen-bond donors (Lipinski definition) is 0. The number of piperazine rings is 1. The molecule has 0 N–H and O–H groups in total. The number of fused-ring (bicyclic) bond motifs is 1. The number of rotatable bonds is 3. The molecule has 1 amide bonds. The van der Waals surface area contributed by atoms with Gasteiger partial charge in [0.25, 0.3) is 0 Å². The summed E-state index contributed by atoms with van der Waals surface area (Å²) in [6.07, 6.45) is 1.33. The Morgan fingerprint density at radius 1 is 1.10 bits per heavy atom. The SMILES string of the molecule is C=CC(=O)N1CCN(c2c(-c3ccc(Cl)cc3)c(C#N)nc3cccc(Cl)c23)CC1. The van der Waals surface area contributed by atoms with Crippen LogP contribution in [-0.4, -0.2) is 42.0 Å². The van der Waals surface area contributed by atoms with Gasteiger partial charge in [0.05, 0.1) is 16.2 Å². The van der Waals surface area contributed by atoms with E-state index in [4.69, 9.17) is 23.2 Å². The van der Waals surface area contributed by atoms with E-state index in [9.17, 15) is 10.1 Å². The minimum atomic E-state index is -0.0806. The first-order chi connectivity index (χ1) is 14.5. The number of aromatic nitrogens is 1. The molecule has 0 aliphatic carbocycles. The van der Waals surface area contributed by atoms with Gasteiger partial charge in [0.15, 0.2) is 5.69 Å². The average Bonchev–Trinajstić information content (AvgIpc) is 2.78. The maximum atomic E-state index is 12.0. The number of halogens is 2. The topological polar surface area (TPSA) is 60.2 Å². The van der Waals surface area contributed by atoms with Crippen molar-refractivity contribution in [2.24, 2.45) is 0 Å². The lowest BCUT2D eigenvalue weighted by molar-refractivity contribution is -0.126.